The van der Waals surface area contributed by atoms with Gasteiger partial charge in [-0.1, -0.05) is 16.8 Å². The van der Waals surface area contributed by atoms with Crippen LogP contribution in [0.25, 0.3) is 11.5 Å². The fourth-order valence-electron chi connectivity index (χ4n) is 1.83. The first-order valence-electron chi connectivity index (χ1n) is 6.46. The highest BCUT2D eigenvalue weighted by Crippen LogP contribution is 2.16. The SMILES string of the molecule is Cc1ccnc(-c2noc(CNc3ccc(Cl)cc3)n2)c1. The number of pyridine rings is 1. The molecule has 0 aliphatic carbocycles. The Bertz CT molecular complexity index is 739. The maximum atomic E-state index is 5.84. The van der Waals surface area contributed by atoms with Crippen LogP contribution in [0.2, 0.25) is 5.02 Å². The van der Waals surface area contributed by atoms with Gasteiger partial charge in [-0.25, -0.2) is 0 Å². The third kappa shape index (κ3) is 3.38. The number of anilines is 1. The second kappa shape index (κ2) is 5.93. The highest BCUT2D eigenvalue weighted by atomic mass is 35.5. The van der Waals surface area contributed by atoms with Crippen molar-refractivity contribution >= 4 is 17.3 Å². The average molecular weight is 301 g/mol. The molecule has 6 heteroatoms. The Morgan fingerprint density at radius 2 is 2.00 bits per heavy atom. The van der Waals surface area contributed by atoms with E-state index in [1.54, 1.807) is 6.20 Å². The molecule has 1 aromatic carbocycles. The van der Waals surface area contributed by atoms with E-state index in [1.165, 1.54) is 0 Å². The number of rotatable bonds is 4. The molecule has 0 unspecified atom stereocenters. The predicted octanol–water partition coefficient (Wildman–Crippen LogP) is 3.71. The Kier molecular flexibility index (Phi) is 3.83. The number of nitrogens with zero attached hydrogens (tertiary/aromatic N) is 3. The molecular weight excluding hydrogens is 288 g/mol. The first kappa shape index (κ1) is 13.6. The van der Waals surface area contributed by atoms with Crippen LogP contribution in [0.5, 0.6) is 0 Å². The minimum atomic E-state index is 0.445. The van der Waals surface area contributed by atoms with Gasteiger partial charge < -0.3 is 9.84 Å². The van der Waals surface area contributed by atoms with Crippen LogP contribution in [0.4, 0.5) is 5.69 Å². The zero-order valence-corrected chi connectivity index (χ0v) is 12.1. The highest BCUT2D eigenvalue weighted by Gasteiger charge is 2.09. The zero-order valence-electron chi connectivity index (χ0n) is 11.4. The Labute approximate surface area is 127 Å². The van der Waals surface area contributed by atoms with E-state index in [0.717, 1.165) is 11.3 Å². The van der Waals surface area contributed by atoms with Crippen molar-refractivity contribution in [3.63, 3.8) is 0 Å². The summed E-state index contributed by atoms with van der Waals surface area (Å²) in [7, 11) is 0. The van der Waals surface area contributed by atoms with Crippen molar-refractivity contribution in [1.29, 1.82) is 0 Å². The molecule has 0 aliphatic heterocycles. The van der Waals surface area contributed by atoms with Crippen molar-refractivity contribution in [3.05, 3.63) is 59.1 Å². The van der Waals surface area contributed by atoms with E-state index < -0.39 is 0 Å². The molecule has 21 heavy (non-hydrogen) atoms. The smallest absolute Gasteiger partial charge is 0.246 e. The molecule has 2 aromatic heterocycles. The normalized spacial score (nSPS) is 10.6. The van der Waals surface area contributed by atoms with Crippen molar-refractivity contribution in [2.24, 2.45) is 0 Å². The topological polar surface area (TPSA) is 63.8 Å². The summed E-state index contributed by atoms with van der Waals surface area (Å²) < 4.78 is 5.21. The Hall–Kier alpha value is -2.40. The van der Waals surface area contributed by atoms with E-state index in [-0.39, 0.29) is 0 Å². The fourth-order valence-corrected chi connectivity index (χ4v) is 1.96. The number of benzene rings is 1. The minimum Gasteiger partial charge on any atom is -0.376 e. The summed E-state index contributed by atoms with van der Waals surface area (Å²) in [6.07, 6.45) is 1.73. The predicted molar refractivity (Wildman–Crippen MR) is 81.0 cm³/mol. The molecule has 5 nitrogen and oxygen atoms in total. The molecule has 106 valence electrons. The quantitative estimate of drug-likeness (QED) is 0.796. The molecule has 0 saturated carbocycles. The summed E-state index contributed by atoms with van der Waals surface area (Å²) in [6.45, 7) is 2.44. The van der Waals surface area contributed by atoms with Crippen LogP contribution in [-0.4, -0.2) is 15.1 Å². The van der Waals surface area contributed by atoms with Gasteiger partial charge in [-0.15, -0.1) is 0 Å². The molecule has 0 aliphatic rings. The van der Waals surface area contributed by atoms with Gasteiger partial charge in [-0.2, -0.15) is 4.98 Å². The van der Waals surface area contributed by atoms with E-state index >= 15 is 0 Å². The maximum Gasteiger partial charge on any atom is 0.246 e. The fraction of sp³-hybridized carbons (Fsp3) is 0.133. The monoisotopic (exact) mass is 300 g/mol. The van der Waals surface area contributed by atoms with Gasteiger partial charge in [0.25, 0.3) is 0 Å². The Morgan fingerprint density at radius 3 is 2.76 bits per heavy atom. The van der Waals surface area contributed by atoms with E-state index in [9.17, 15) is 0 Å². The van der Waals surface area contributed by atoms with Crippen molar-refractivity contribution in [2.45, 2.75) is 13.5 Å². The van der Waals surface area contributed by atoms with Gasteiger partial charge in [0, 0.05) is 16.9 Å². The van der Waals surface area contributed by atoms with E-state index in [4.69, 9.17) is 16.1 Å². The highest BCUT2D eigenvalue weighted by molar-refractivity contribution is 6.30. The lowest BCUT2D eigenvalue weighted by molar-refractivity contribution is 0.384. The van der Waals surface area contributed by atoms with Gasteiger partial charge in [0.15, 0.2) is 0 Å². The molecule has 0 amide bonds. The molecule has 0 spiro atoms. The molecule has 1 N–H and O–H groups in total. The third-order valence-electron chi connectivity index (χ3n) is 2.90. The van der Waals surface area contributed by atoms with Crippen LogP contribution < -0.4 is 5.32 Å². The van der Waals surface area contributed by atoms with Crippen molar-refractivity contribution < 1.29 is 4.52 Å². The molecule has 0 radical (unpaired) electrons. The summed E-state index contributed by atoms with van der Waals surface area (Å²) in [5.74, 6) is 0.995. The summed E-state index contributed by atoms with van der Waals surface area (Å²) in [4.78, 5) is 8.56. The zero-order chi connectivity index (χ0) is 14.7. The summed E-state index contributed by atoms with van der Waals surface area (Å²) in [6, 6.07) is 11.3. The van der Waals surface area contributed by atoms with Crippen LogP contribution in [0.3, 0.4) is 0 Å². The van der Waals surface area contributed by atoms with Crippen LogP contribution in [-0.2, 0) is 6.54 Å². The number of hydrogen-bond donors (Lipinski definition) is 1. The van der Waals surface area contributed by atoms with Gasteiger partial charge in [0.1, 0.15) is 5.69 Å². The lowest BCUT2D eigenvalue weighted by Crippen LogP contribution is -1.99. The summed E-state index contributed by atoms with van der Waals surface area (Å²) in [5.41, 5.74) is 2.75. The number of aromatic nitrogens is 3. The largest absolute Gasteiger partial charge is 0.376 e. The molecule has 0 fully saturated rings. The van der Waals surface area contributed by atoms with E-state index in [0.29, 0.717) is 29.0 Å². The molecule has 2 heterocycles. The maximum absolute atomic E-state index is 5.84. The second-order valence-corrected chi connectivity index (χ2v) is 5.03. The molecule has 3 aromatic rings. The summed E-state index contributed by atoms with van der Waals surface area (Å²) in [5, 5.41) is 7.83. The van der Waals surface area contributed by atoms with Crippen LogP contribution in [0.1, 0.15) is 11.5 Å². The molecule has 0 bridgehead atoms. The first-order chi connectivity index (χ1) is 10.2. The molecule has 3 rings (SSSR count). The van der Waals surface area contributed by atoms with Crippen molar-refractivity contribution in [1.82, 2.24) is 15.1 Å². The first-order valence-corrected chi connectivity index (χ1v) is 6.83. The van der Waals surface area contributed by atoms with Crippen LogP contribution in [0.15, 0.2) is 47.1 Å². The van der Waals surface area contributed by atoms with E-state index in [1.807, 2.05) is 43.3 Å². The van der Waals surface area contributed by atoms with Gasteiger partial charge in [0.05, 0.1) is 6.54 Å². The number of hydrogen-bond acceptors (Lipinski definition) is 5. The molecule has 0 atom stereocenters. The molecule has 0 saturated heterocycles. The van der Waals surface area contributed by atoms with Gasteiger partial charge >= 0.3 is 0 Å². The Morgan fingerprint density at radius 1 is 1.19 bits per heavy atom. The van der Waals surface area contributed by atoms with Crippen LogP contribution in [0, 0.1) is 6.92 Å². The van der Waals surface area contributed by atoms with Gasteiger partial charge in [-0.05, 0) is 48.9 Å². The van der Waals surface area contributed by atoms with E-state index in [2.05, 4.69) is 20.4 Å². The number of nitrogens with one attached hydrogen (secondary N) is 1. The van der Waals surface area contributed by atoms with Gasteiger partial charge in [-0.3, -0.25) is 4.98 Å². The van der Waals surface area contributed by atoms with Crippen molar-refractivity contribution in [3.8, 4) is 11.5 Å². The average Bonchev–Trinajstić information content (AvgIpc) is 2.96. The summed E-state index contributed by atoms with van der Waals surface area (Å²) >= 11 is 5.84. The number of halogens is 1. The lowest BCUT2D eigenvalue weighted by atomic mass is 10.2. The minimum absolute atomic E-state index is 0.445. The lowest BCUT2D eigenvalue weighted by Gasteiger charge is -2.02. The number of aryl methyl sites for hydroxylation is 1. The standard InChI is InChI=1S/C15H13ClN4O/c1-10-6-7-17-13(8-10)15-19-14(21-20-15)9-18-12-4-2-11(16)3-5-12/h2-8,18H,9H2,1H3. The Balaban J connectivity index is 1.69. The second-order valence-electron chi connectivity index (χ2n) is 4.59. The third-order valence-corrected chi connectivity index (χ3v) is 3.15. The van der Waals surface area contributed by atoms with Crippen LogP contribution >= 0.6 is 11.6 Å². The molecular formula is C15H13ClN4O. The van der Waals surface area contributed by atoms with Gasteiger partial charge in [0.2, 0.25) is 11.7 Å². The van der Waals surface area contributed by atoms with Crippen molar-refractivity contribution in [2.75, 3.05) is 5.32 Å².